The summed E-state index contributed by atoms with van der Waals surface area (Å²) in [4.78, 5) is 11.5. The summed E-state index contributed by atoms with van der Waals surface area (Å²) in [5, 5.41) is 0. The Labute approximate surface area is 124 Å². The van der Waals surface area contributed by atoms with Crippen LogP contribution in [0.3, 0.4) is 0 Å². The summed E-state index contributed by atoms with van der Waals surface area (Å²) in [5.41, 5.74) is 3.05. The van der Waals surface area contributed by atoms with E-state index in [0.29, 0.717) is 12.5 Å². The Hall–Kier alpha value is -1.81. The molecule has 0 radical (unpaired) electrons. The molecule has 1 aromatic carbocycles. The fraction of sp³-hybridized carbons (Fsp3) is 0.412. The molecule has 0 spiro atoms. The number of hydrogen-bond acceptors (Lipinski definition) is 3. The van der Waals surface area contributed by atoms with Crippen LogP contribution >= 0.6 is 0 Å². The Balaban J connectivity index is 1.78. The maximum atomic E-state index is 12.9. The number of hydrogen-bond donors (Lipinski definition) is 0. The monoisotopic (exact) mass is 285 g/mol. The van der Waals surface area contributed by atoms with Gasteiger partial charge in [-0.3, -0.25) is 14.9 Å². The van der Waals surface area contributed by atoms with Gasteiger partial charge in [0.2, 0.25) is 0 Å². The zero-order valence-electron chi connectivity index (χ0n) is 12.3. The first-order valence-corrected chi connectivity index (χ1v) is 7.48. The second kappa shape index (κ2) is 6.31. The molecule has 1 fully saturated rings. The molecule has 0 bridgehead atoms. The van der Waals surface area contributed by atoms with Gasteiger partial charge in [-0.2, -0.15) is 0 Å². The number of benzene rings is 1. The molecule has 1 saturated heterocycles. The van der Waals surface area contributed by atoms with Crippen LogP contribution in [0.1, 0.15) is 42.3 Å². The first-order chi connectivity index (χ1) is 10.2. The number of nitrogens with zero attached hydrogens (tertiary/aromatic N) is 3. The van der Waals surface area contributed by atoms with Crippen molar-refractivity contribution >= 4 is 0 Å². The van der Waals surface area contributed by atoms with Crippen LogP contribution in [-0.4, -0.2) is 28.5 Å². The van der Waals surface area contributed by atoms with Gasteiger partial charge in [-0.15, -0.1) is 0 Å². The molecule has 0 amide bonds. The van der Waals surface area contributed by atoms with E-state index in [1.807, 2.05) is 6.20 Å². The van der Waals surface area contributed by atoms with Crippen LogP contribution in [0, 0.1) is 5.82 Å². The lowest BCUT2D eigenvalue weighted by Crippen LogP contribution is -2.30. The Morgan fingerprint density at radius 3 is 2.76 bits per heavy atom. The zero-order valence-corrected chi connectivity index (χ0v) is 12.3. The van der Waals surface area contributed by atoms with Crippen LogP contribution in [0.25, 0.3) is 0 Å². The van der Waals surface area contributed by atoms with E-state index in [9.17, 15) is 4.39 Å². The highest BCUT2D eigenvalue weighted by Gasteiger charge is 2.22. The van der Waals surface area contributed by atoms with Gasteiger partial charge in [-0.05, 0) is 44.1 Å². The molecule has 3 nitrogen and oxygen atoms in total. The van der Waals surface area contributed by atoms with Gasteiger partial charge >= 0.3 is 0 Å². The van der Waals surface area contributed by atoms with Gasteiger partial charge in [0.25, 0.3) is 0 Å². The normalized spacial score (nSPS) is 19.6. The quantitative estimate of drug-likeness (QED) is 0.866. The van der Waals surface area contributed by atoms with Crippen molar-refractivity contribution in [1.29, 1.82) is 0 Å². The molecule has 3 rings (SSSR count). The van der Waals surface area contributed by atoms with E-state index in [1.54, 1.807) is 18.3 Å². The molecule has 1 aliphatic rings. The lowest BCUT2D eigenvalue weighted by atomic mass is 10.00. The van der Waals surface area contributed by atoms with Crippen LogP contribution in [0.2, 0.25) is 0 Å². The summed E-state index contributed by atoms with van der Waals surface area (Å²) in [7, 11) is 2.15. The lowest BCUT2D eigenvalue weighted by molar-refractivity contribution is 0.183. The lowest BCUT2D eigenvalue weighted by Gasteiger charge is -2.31. The molecule has 1 atom stereocenters. The molecule has 21 heavy (non-hydrogen) atoms. The highest BCUT2D eigenvalue weighted by molar-refractivity contribution is 5.22. The maximum absolute atomic E-state index is 12.9. The fourth-order valence-corrected chi connectivity index (χ4v) is 2.93. The predicted octanol–water partition coefficient (Wildman–Crippen LogP) is 3.36. The average molecular weight is 285 g/mol. The first-order valence-electron chi connectivity index (χ1n) is 7.48. The zero-order chi connectivity index (χ0) is 14.7. The maximum Gasteiger partial charge on any atom is 0.123 e. The Bertz CT molecular complexity index is 597. The molecule has 110 valence electrons. The van der Waals surface area contributed by atoms with Gasteiger partial charge in [-0.25, -0.2) is 4.39 Å². The number of likely N-dealkylation sites (tertiary alicyclic amines) is 1. The van der Waals surface area contributed by atoms with E-state index in [4.69, 9.17) is 4.98 Å². The SMILES string of the molecule is CN1CCCC[C@@H]1c1cncc(Cc2ccc(F)cc2)n1. The van der Waals surface area contributed by atoms with Gasteiger partial charge in [-0.1, -0.05) is 18.6 Å². The first kappa shape index (κ1) is 14.1. The van der Waals surface area contributed by atoms with Crippen molar-refractivity contribution in [3.05, 3.63) is 59.4 Å². The van der Waals surface area contributed by atoms with Crippen molar-refractivity contribution in [2.75, 3.05) is 13.6 Å². The van der Waals surface area contributed by atoms with Crippen molar-refractivity contribution in [2.45, 2.75) is 31.7 Å². The number of halogens is 1. The third kappa shape index (κ3) is 3.45. The molecular weight excluding hydrogens is 265 g/mol. The largest absolute Gasteiger partial charge is 0.298 e. The minimum absolute atomic E-state index is 0.206. The molecule has 2 aromatic rings. The summed E-state index contributed by atoms with van der Waals surface area (Å²) < 4.78 is 12.9. The van der Waals surface area contributed by atoms with Crippen molar-refractivity contribution in [3.8, 4) is 0 Å². The van der Waals surface area contributed by atoms with Crippen LogP contribution < -0.4 is 0 Å². The highest BCUT2D eigenvalue weighted by Crippen LogP contribution is 2.27. The Morgan fingerprint density at radius 2 is 2.00 bits per heavy atom. The van der Waals surface area contributed by atoms with E-state index in [2.05, 4.69) is 16.9 Å². The van der Waals surface area contributed by atoms with E-state index in [-0.39, 0.29) is 5.82 Å². The average Bonchev–Trinajstić information content (AvgIpc) is 2.50. The van der Waals surface area contributed by atoms with Gasteiger partial charge < -0.3 is 0 Å². The van der Waals surface area contributed by atoms with Crippen LogP contribution in [-0.2, 0) is 6.42 Å². The minimum Gasteiger partial charge on any atom is -0.298 e. The molecule has 0 saturated carbocycles. The third-order valence-corrected chi connectivity index (χ3v) is 4.11. The number of piperidine rings is 1. The van der Waals surface area contributed by atoms with Gasteiger partial charge in [0.1, 0.15) is 5.82 Å². The molecule has 4 heteroatoms. The Morgan fingerprint density at radius 1 is 1.19 bits per heavy atom. The molecular formula is C17H20FN3. The molecule has 1 aliphatic heterocycles. The standard InChI is InChI=1S/C17H20FN3/c1-21-9-3-2-4-17(21)16-12-19-11-15(20-16)10-13-5-7-14(18)8-6-13/h5-8,11-12,17H,2-4,9-10H2,1H3/t17-/m1/s1. The smallest absolute Gasteiger partial charge is 0.123 e. The Kier molecular flexibility index (Phi) is 4.25. The van der Waals surface area contributed by atoms with Crippen LogP contribution in [0.4, 0.5) is 4.39 Å². The third-order valence-electron chi connectivity index (χ3n) is 4.11. The summed E-state index contributed by atoms with van der Waals surface area (Å²) in [5.74, 6) is -0.206. The van der Waals surface area contributed by atoms with Gasteiger partial charge in [0.15, 0.2) is 0 Å². The summed E-state index contributed by atoms with van der Waals surface area (Å²) in [6.45, 7) is 1.12. The fourth-order valence-electron chi connectivity index (χ4n) is 2.93. The van der Waals surface area contributed by atoms with Gasteiger partial charge in [0, 0.05) is 18.8 Å². The predicted molar refractivity (Wildman–Crippen MR) is 80.5 cm³/mol. The van der Waals surface area contributed by atoms with Crippen LogP contribution in [0.5, 0.6) is 0 Å². The molecule has 0 aliphatic carbocycles. The molecule has 0 N–H and O–H groups in total. The molecule has 0 unspecified atom stereocenters. The van der Waals surface area contributed by atoms with E-state index in [1.165, 1.54) is 25.0 Å². The second-order valence-electron chi connectivity index (χ2n) is 5.73. The van der Waals surface area contributed by atoms with Crippen molar-refractivity contribution in [2.24, 2.45) is 0 Å². The summed E-state index contributed by atoms with van der Waals surface area (Å²) >= 11 is 0. The summed E-state index contributed by atoms with van der Waals surface area (Å²) in [6, 6.07) is 6.95. The summed E-state index contributed by atoms with van der Waals surface area (Å²) in [6.07, 6.45) is 8.02. The highest BCUT2D eigenvalue weighted by atomic mass is 19.1. The van der Waals surface area contributed by atoms with Crippen molar-refractivity contribution in [3.63, 3.8) is 0 Å². The minimum atomic E-state index is -0.206. The van der Waals surface area contributed by atoms with Crippen LogP contribution in [0.15, 0.2) is 36.7 Å². The van der Waals surface area contributed by atoms with Crippen molar-refractivity contribution in [1.82, 2.24) is 14.9 Å². The topological polar surface area (TPSA) is 29.0 Å². The van der Waals surface area contributed by atoms with E-state index < -0.39 is 0 Å². The van der Waals surface area contributed by atoms with E-state index in [0.717, 1.165) is 29.9 Å². The second-order valence-corrected chi connectivity index (χ2v) is 5.73. The van der Waals surface area contributed by atoms with Crippen molar-refractivity contribution < 1.29 is 4.39 Å². The van der Waals surface area contributed by atoms with Gasteiger partial charge in [0.05, 0.1) is 17.4 Å². The molecule has 1 aromatic heterocycles. The number of aromatic nitrogens is 2. The molecule has 2 heterocycles. The number of rotatable bonds is 3. The van der Waals surface area contributed by atoms with E-state index >= 15 is 0 Å².